The lowest BCUT2D eigenvalue weighted by Crippen LogP contribution is -2.48. The fraction of sp³-hybridized carbons (Fsp3) is 0.632. The van der Waals surface area contributed by atoms with Crippen molar-refractivity contribution in [1.29, 1.82) is 0 Å². The predicted molar refractivity (Wildman–Crippen MR) is 90.8 cm³/mol. The predicted octanol–water partition coefficient (Wildman–Crippen LogP) is 2.18. The van der Waals surface area contributed by atoms with E-state index in [9.17, 15) is 9.90 Å². The molecule has 4 heteroatoms. The molecule has 4 nitrogen and oxygen atoms in total. The van der Waals surface area contributed by atoms with Gasteiger partial charge in [-0.3, -0.25) is 9.69 Å². The van der Waals surface area contributed by atoms with Crippen LogP contribution >= 0.6 is 0 Å². The minimum Gasteiger partial charge on any atom is -0.391 e. The Balaban J connectivity index is 1.45. The molecule has 1 heterocycles. The number of hydrogen-bond donors (Lipinski definition) is 2. The molecular weight excluding hydrogens is 288 g/mol. The number of nitrogens with one attached hydrogen (secondary N) is 1. The molecule has 1 amide bonds. The Labute approximate surface area is 138 Å². The highest BCUT2D eigenvalue weighted by atomic mass is 16.3. The summed E-state index contributed by atoms with van der Waals surface area (Å²) in [6.45, 7) is 5.32. The van der Waals surface area contributed by atoms with Crippen molar-refractivity contribution in [2.45, 2.75) is 45.3 Å². The summed E-state index contributed by atoms with van der Waals surface area (Å²) >= 11 is 0. The van der Waals surface area contributed by atoms with Gasteiger partial charge in [-0.25, -0.2) is 0 Å². The van der Waals surface area contributed by atoms with Gasteiger partial charge in [-0.05, 0) is 50.3 Å². The molecule has 0 spiro atoms. The molecule has 1 aliphatic heterocycles. The van der Waals surface area contributed by atoms with Crippen molar-refractivity contribution >= 4 is 5.91 Å². The third-order valence-electron chi connectivity index (χ3n) is 5.39. The van der Waals surface area contributed by atoms with Gasteiger partial charge in [0.25, 0.3) is 0 Å². The van der Waals surface area contributed by atoms with E-state index in [-0.39, 0.29) is 17.4 Å². The van der Waals surface area contributed by atoms with Crippen molar-refractivity contribution in [2.75, 3.05) is 19.6 Å². The van der Waals surface area contributed by atoms with E-state index in [1.807, 2.05) is 6.07 Å². The van der Waals surface area contributed by atoms with E-state index in [1.54, 1.807) is 0 Å². The average molecular weight is 316 g/mol. The third-order valence-corrected chi connectivity index (χ3v) is 5.39. The number of carbonyl (C=O) groups excluding carboxylic acids is 1. The second-order valence-corrected chi connectivity index (χ2v) is 7.44. The van der Waals surface area contributed by atoms with Crippen molar-refractivity contribution in [3.63, 3.8) is 0 Å². The van der Waals surface area contributed by atoms with Gasteiger partial charge in [0.2, 0.25) is 5.91 Å². The largest absolute Gasteiger partial charge is 0.391 e. The molecule has 2 N–H and O–H groups in total. The Morgan fingerprint density at radius 3 is 2.57 bits per heavy atom. The lowest BCUT2D eigenvalue weighted by Gasteiger charge is -2.38. The summed E-state index contributed by atoms with van der Waals surface area (Å²) in [5.41, 5.74) is 1.03. The van der Waals surface area contributed by atoms with Crippen LogP contribution in [0.25, 0.3) is 0 Å². The van der Waals surface area contributed by atoms with Crippen LogP contribution < -0.4 is 5.32 Å². The zero-order valence-corrected chi connectivity index (χ0v) is 14.0. The minimum atomic E-state index is -0.360. The van der Waals surface area contributed by atoms with Crippen LogP contribution in [0.1, 0.15) is 38.2 Å². The summed E-state index contributed by atoms with van der Waals surface area (Å²) in [7, 11) is 0. The molecule has 3 rings (SSSR count). The number of amides is 1. The summed E-state index contributed by atoms with van der Waals surface area (Å²) < 4.78 is 0. The SMILES string of the molecule is CC1(C(=O)NCC(O)C2CC2)CCN(Cc2ccccc2)CC1. The maximum Gasteiger partial charge on any atom is 0.226 e. The highest BCUT2D eigenvalue weighted by Gasteiger charge is 2.37. The normalized spacial score (nSPS) is 22.5. The average Bonchev–Trinajstić information content (AvgIpc) is 3.40. The van der Waals surface area contributed by atoms with Crippen LogP contribution in [-0.4, -0.2) is 41.7 Å². The standard InChI is InChI=1S/C19H28N2O2/c1-19(18(23)20-13-17(22)16-7-8-16)9-11-21(12-10-19)14-15-5-3-2-4-6-15/h2-6,16-17,22H,7-14H2,1H3,(H,20,23). The van der Waals surface area contributed by atoms with Gasteiger partial charge in [0, 0.05) is 18.5 Å². The summed E-state index contributed by atoms with van der Waals surface area (Å²) in [5, 5.41) is 12.9. The van der Waals surface area contributed by atoms with Crippen LogP contribution in [0.3, 0.4) is 0 Å². The van der Waals surface area contributed by atoms with Gasteiger partial charge in [-0.15, -0.1) is 0 Å². The van der Waals surface area contributed by atoms with Crippen molar-refractivity contribution in [2.24, 2.45) is 11.3 Å². The number of rotatable bonds is 6. The Bertz CT molecular complexity index is 519. The quantitative estimate of drug-likeness (QED) is 0.846. The number of benzene rings is 1. The Hall–Kier alpha value is -1.39. The third kappa shape index (κ3) is 4.33. The van der Waals surface area contributed by atoms with Gasteiger partial charge in [-0.1, -0.05) is 37.3 Å². The lowest BCUT2D eigenvalue weighted by molar-refractivity contribution is -0.133. The van der Waals surface area contributed by atoms with Crippen molar-refractivity contribution < 1.29 is 9.90 Å². The van der Waals surface area contributed by atoms with Gasteiger partial charge < -0.3 is 10.4 Å². The molecule has 126 valence electrons. The van der Waals surface area contributed by atoms with Crippen LogP contribution in [0.2, 0.25) is 0 Å². The fourth-order valence-corrected chi connectivity index (χ4v) is 3.33. The zero-order chi connectivity index (χ0) is 16.3. The molecular formula is C19H28N2O2. The zero-order valence-electron chi connectivity index (χ0n) is 14.0. The first-order chi connectivity index (χ1) is 11.1. The number of hydrogen-bond acceptors (Lipinski definition) is 3. The highest BCUT2D eigenvalue weighted by molar-refractivity contribution is 5.82. The molecule has 1 aromatic carbocycles. The van der Waals surface area contributed by atoms with E-state index in [1.165, 1.54) is 5.56 Å². The van der Waals surface area contributed by atoms with Gasteiger partial charge in [0.1, 0.15) is 0 Å². The fourth-order valence-electron chi connectivity index (χ4n) is 3.33. The van der Waals surface area contributed by atoms with E-state index >= 15 is 0 Å². The van der Waals surface area contributed by atoms with Crippen LogP contribution in [0.5, 0.6) is 0 Å². The molecule has 2 aliphatic rings. The van der Waals surface area contributed by atoms with Gasteiger partial charge >= 0.3 is 0 Å². The second kappa shape index (κ2) is 7.02. The topological polar surface area (TPSA) is 52.6 Å². The monoisotopic (exact) mass is 316 g/mol. The van der Waals surface area contributed by atoms with E-state index in [0.29, 0.717) is 12.5 Å². The lowest BCUT2D eigenvalue weighted by atomic mass is 9.79. The van der Waals surface area contributed by atoms with Crippen molar-refractivity contribution in [3.8, 4) is 0 Å². The molecule has 0 aromatic heterocycles. The molecule has 1 saturated heterocycles. The molecule has 1 saturated carbocycles. The molecule has 1 aliphatic carbocycles. The van der Waals surface area contributed by atoms with E-state index in [2.05, 4.69) is 41.4 Å². The number of carbonyl (C=O) groups is 1. The molecule has 1 aromatic rings. The second-order valence-electron chi connectivity index (χ2n) is 7.44. The van der Waals surface area contributed by atoms with Crippen LogP contribution in [-0.2, 0) is 11.3 Å². The van der Waals surface area contributed by atoms with Gasteiger partial charge in [0.05, 0.1) is 6.10 Å². The molecule has 0 bridgehead atoms. The van der Waals surface area contributed by atoms with Crippen molar-refractivity contribution in [3.05, 3.63) is 35.9 Å². The minimum absolute atomic E-state index is 0.108. The molecule has 2 fully saturated rings. The molecule has 23 heavy (non-hydrogen) atoms. The number of piperidine rings is 1. The number of aliphatic hydroxyl groups excluding tert-OH is 1. The maximum atomic E-state index is 12.5. The number of aliphatic hydroxyl groups is 1. The van der Waals surface area contributed by atoms with Crippen LogP contribution in [0, 0.1) is 11.3 Å². The molecule has 1 unspecified atom stereocenters. The molecule has 0 radical (unpaired) electrons. The highest BCUT2D eigenvalue weighted by Crippen LogP contribution is 2.33. The number of likely N-dealkylation sites (tertiary alicyclic amines) is 1. The summed E-state index contributed by atoms with van der Waals surface area (Å²) in [5.74, 6) is 0.521. The smallest absolute Gasteiger partial charge is 0.226 e. The first kappa shape index (κ1) is 16.5. The van der Waals surface area contributed by atoms with Crippen LogP contribution in [0.15, 0.2) is 30.3 Å². The van der Waals surface area contributed by atoms with E-state index in [0.717, 1.165) is 45.3 Å². The van der Waals surface area contributed by atoms with Crippen LogP contribution in [0.4, 0.5) is 0 Å². The molecule has 1 atom stereocenters. The van der Waals surface area contributed by atoms with Gasteiger partial charge in [-0.2, -0.15) is 0 Å². The number of nitrogens with zero attached hydrogens (tertiary/aromatic N) is 1. The Morgan fingerprint density at radius 2 is 1.96 bits per heavy atom. The maximum absolute atomic E-state index is 12.5. The van der Waals surface area contributed by atoms with E-state index in [4.69, 9.17) is 0 Å². The summed E-state index contributed by atoms with van der Waals surface area (Å²) in [6, 6.07) is 10.5. The first-order valence-corrected chi connectivity index (χ1v) is 8.79. The summed E-state index contributed by atoms with van der Waals surface area (Å²) in [4.78, 5) is 14.9. The van der Waals surface area contributed by atoms with E-state index < -0.39 is 0 Å². The Kier molecular flexibility index (Phi) is 5.02. The Morgan fingerprint density at radius 1 is 1.30 bits per heavy atom. The van der Waals surface area contributed by atoms with Gasteiger partial charge in [0.15, 0.2) is 0 Å². The first-order valence-electron chi connectivity index (χ1n) is 8.79. The summed E-state index contributed by atoms with van der Waals surface area (Å²) in [6.07, 6.45) is 3.60. The van der Waals surface area contributed by atoms with Crippen molar-refractivity contribution in [1.82, 2.24) is 10.2 Å².